The Morgan fingerprint density at radius 2 is 2.23 bits per heavy atom. The molecule has 0 saturated carbocycles. The average Bonchev–Trinajstić information content (AvgIpc) is 2.46. The molecule has 0 saturated heterocycles. The molecule has 0 N–H and O–H groups in total. The first-order chi connectivity index (χ1) is 6.16. The number of Topliss-reactive ketones (excluding diaryl/α,β-unsaturated/α-hetero) is 1. The summed E-state index contributed by atoms with van der Waals surface area (Å²) < 4.78 is 12.8. The second kappa shape index (κ2) is 2.80. The molecular weight excluding hydrogens is 167 g/mol. The van der Waals surface area contributed by atoms with Crippen molar-refractivity contribution < 1.29 is 9.18 Å². The number of rotatable bonds is 1. The minimum atomic E-state index is -0.239. The van der Waals surface area contributed by atoms with E-state index >= 15 is 0 Å². The van der Waals surface area contributed by atoms with E-state index in [1.54, 1.807) is 6.07 Å². The van der Waals surface area contributed by atoms with Crippen LogP contribution in [0.25, 0.3) is 6.08 Å². The van der Waals surface area contributed by atoms with E-state index in [1.165, 1.54) is 19.1 Å². The molecule has 0 radical (unpaired) electrons. The Balaban J connectivity index is 2.41. The summed E-state index contributed by atoms with van der Waals surface area (Å²) in [5.74, 6) is -0.173. The molecule has 0 aliphatic heterocycles. The van der Waals surface area contributed by atoms with Gasteiger partial charge in [0.05, 0.1) is 0 Å². The van der Waals surface area contributed by atoms with Crippen molar-refractivity contribution in [3.8, 4) is 0 Å². The molecule has 0 unspecified atom stereocenters. The lowest BCUT2D eigenvalue weighted by Crippen LogP contribution is -1.95. The van der Waals surface area contributed by atoms with E-state index in [0.29, 0.717) is 6.42 Å². The lowest BCUT2D eigenvalue weighted by atomic mass is 10.1. The molecule has 0 bridgehead atoms. The lowest BCUT2D eigenvalue weighted by Gasteiger charge is -1.97. The van der Waals surface area contributed by atoms with Crippen molar-refractivity contribution in [2.75, 3.05) is 0 Å². The number of carbonyl (C=O) groups excluding carboxylic acids is 1. The van der Waals surface area contributed by atoms with Gasteiger partial charge in [0.2, 0.25) is 0 Å². The quantitative estimate of drug-likeness (QED) is 0.642. The Morgan fingerprint density at radius 3 is 2.92 bits per heavy atom. The Morgan fingerprint density at radius 1 is 1.46 bits per heavy atom. The van der Waals surface area contributed by atoms with E-state index in [4.69, 9.17) is 0 Å². The van der Waals surface area contributed by atoms with Crippen LogP contribution in [0.1, 0.15) is 18.1 Å². The first kappa shape index (κ1) is 8.17. The molecule has 1 nitrogen and oxygen atoms in total. The molecular formula is C11H9FO. The van der Waals surface area contributed by atoms with Gasteiger partial charge in [-0.2, -0.15) is 0 Å². The van der Waals surface area contributed by atoms with Crippen molar-refractivity contribution in [1.82, 2.24) is 0 Å². The molecule has 2 heteroatoms. The van der Waals surface area contributed by atoms with Gasteiger partial charge in [-0.05, 0) is 41.8 Å². The summed E-state index contributed by atoms with van der Waals surface area (Å²) in [5, 5.41) is 0. The standard InChI is InChI=1S/C11H9FO/c1-7(13)9-4-8-2-3-11(12)6-10(8)5-9/h2-4,6H,5H2,1H3. The van der Waals surface area contributed by atoms with Crippen molar-refractivity contribution in [1.29, 1.82) is 0 Å². The van der Waals surface area contributed by atoms with Gasteiger partial charge in [0.15, 0.2) is 5.78 Å². The molecule has 0 atom stereocenters. The maximum Gasteiger partial charge on any atom is 0.156 e. The van der Waals surface area contributed by atoms with Gasteiger partial charge in [-0.15, -0.1) is 0 Å². The number of carbonyl (C=O) groups is 1. The fourth-order valence-electron chi connectivity index (χ4n) is 1.54. The zero-order valence-electron chi connectivity index (χ0n) is 7.30. The van der Waals surface area contributed by atoms with Gasteiger partial charge < -0.3 is 0 Å². The number of hydrogen-bond donors (Lipinski definition) is 0. The summed E-state index contributed by atoms with van der Waals surface area (Å²) in [4.78, 5) is 11.0. The molecule has 0 spiro atoms. The van der Waals surface area contributed by atoms with Crippen LogP contribution in [0.3, 0.4) is 0 Å². The van der Waals surface area contributed by atoms with E-state index < -0.39 is 0 Å². The van der Waals surface area contributed by atoms with Gasteiger partial charge in [-0.3, -0.25) is 4.79 Å². The molecule has 0 amide bonds. The highest BCUT2D eigenvalue weighted by Crippen LogP contribution is 2.25. The highest BCUT2D eigenvalue weighted by atomic mass is 19.1. The number of fused-ring (bicyclic) bond motifs is 1. The maximum atomic E-state index is 12.8. The molecule has 2 rings (SSSR count). The highest BCUT2D eigenvalue weighted by Gasteiger charge is 2.15. The van der Waals surface area contributed by atoms with Crippen LogP contribution >= 0.6 is 0 Å². The van der Waals surface area contributed by atoms with Crippen molar-refractivity contribution >= 4 is 11.9 Å². The van der Waals surface area contributed by atoms with Crippen LogP contribution in [-0.4, -0.2) is 5.78 Å². The Hall–Kier alpha value is -1.44. The summed E-state index contributed by atoms with van der Waals surface area (Å²) in [7, 11) is 0. The number of halogens is 1. The molecule has 1 aromatic rings. The van der Waals surface area contributed by atoms with Crippen molar-refractivity contribution in [2.24, 2.45) is 0 Å². The molecule has 0 heterocycles. The average molecular weight is 176 g/mol. The molecule has 1 aliphatic rings. The van der Waals surface area contributed by atoms with Crippen LogP contribution in [0.2, 0.25) is 0 Å². The van der Waals surface area contributed by atoms with Crippen molar-refractivity contribution in [3.63, 3.8) is 0 Å². The van der Waals surface area contributed by atoms with Crippen LogP contribution in [0.4, 0.5) is 4.39 Å². The molecule has 0 fully saturated rings. The third-order valence-electron chi connectivity index (χ3n) is 2.27. The SMILES string of the molecule is CC(=O)C1=Cc2ccc(F)cc2C1. The fraction of sp³-hybridized carbons (Fsp3) is 0.182. The molecule has 13 heavy (non-hydrogen) atoms. The first-order valence-electron chi connectivity index (χ1n) is 4.17. The van der Waals surface area contributed by atoms with Gasteiger partial charge in [-0.25, -0.2) is 4.39 Å². The van der Waals surface area contributed by atoms with Gasteiger partial charge in [-0.1, -0.05) is 6.07 Å². The third kappa shape index (κ3) is 1.39. The molecule has 1 aliphatic carbocycles. The van der Waals surface area contributed by atoms with Crippen LogP contribution in [0, 0.1) is 5.82 Å². The molecule has 1 aromatic carbocycles. The van der Waals surface area contributed by atoms with Gasteiger partial charge in [0.25, 0.3) is 0 Å². The number of allylic oxidation sites excluding steroid dienone is 1. The lowest BCUT2D eigenvalue weighted by molar-refractivity contribution is -0.113. The monoisotopic (exact) mass is 176 g/mol. The van der Waals surface area contributed by atoms with Crippen molar-refractivity contribution in [3.05, 3.63) is 40.7 Å². The predicted octanol–water partition coefficient (Wildman–Crippen LogP) is 2.35. The normalized spacial score (nSPS) is 13.8. The summed E-state index contributed by atoms with van der Waals surface area (Å²) >= 11 is 0. The smallest absolute Gasteiger partial charge is 0.156 e. The van der Waals surface area contributed by atoms with E-state index in [1.807, 2.05) is 6.08 Å². The predicted molar refractivity (Wildman–Crippen MR) is 48.8 cm³/mol. The van der Waals surface area contributed by atoms with E-state index in [9.17, 15) is 9.18 Å². The summed E-state index contributed by atoms with van der Waals surface area (Å²) in [5.41, 5.74) is 2.64. The molecule has 66 valence electrons. The minimum absolute atomic E-state index is 0.0663. The number of ketones is 1. The van der Waals surface area contributed by atoms with Crippen LogP contribution < -0.4 is 0 Å². The van der Waals surface area contributed by atoms with Crippen molar-refractivity contribution in [2.45, 2.75) is 13.3 Å². The van der Waals surface area contributed by atoms with E-state index in [0.717, 1.165) is 16.7 Å². The summed E-state index contributed by atoms with van der Waals surface area (Å²) in [6, 6.07) is 4.61. The third-order valence-corrected chi connectivity index (χ3v) is 2.27. The highest BCUT2D eigenvalue weighted by molar-refractivity contribution is 6.00. The maximum absolute atomic E-state index is 12.8. The minimum Gasteiger partial charge on any atom is -0.295 e. The van der Waals surface area contributed by atoms with Crippen LogP contribution in [-0.2, 0) is 11.2 Å². The second-order valence-electron chi connectivity index (χ2n) is 3.25. The second-order valence-corrected chi connectivity index (χ2v) is 3.25. The Labute approximate surface area is 75.9 Å². The first-order valence-corrected chi connectivity index (χ1v) is 4.17. The zero-order chi connectivity index (χ0) is 9.42. The topological polar surface area (TPSA) is 17.1 Å². The fourth-order valence-corrected chi connectivity index (χ4v) is 1.54. The van der Waals surface area contributed by atoms with E-state index in [2.05, 4.69) is 0 Å². The largest absolute Gasteiger partial charge is 0.295 e. The summed E-state index contributed by atoms with van der Waals surface area (Å²) in [6.07, 6.45) is 2.40. The van der Waals surface area contributed by atoms with E-state index in [-0.39, 0.29) is 11.6 Å². The van der Waals surface area contributed by atoms with Crippen LogP contribution in [0.15, 0.2) is 23.8 Å². The number of benzene rings is 1. The summed E-state index contributed by atoms with van der Waals surface area (Å²) in [6.45, 7) is 1.54. The zero-order valence-corrected chi connectivity index (χ0v) is 7.30. The van der Waals surface area contributed by atoms with Gasteiger partial charge >= 0.3 is 0 Å². The number of hydrogen-bond acceptors (Lipinski definition) is 1. The Bertz CT molecular complexity index is 405. The molecule has 0 aromatic heterocycles. The van der Waals surface area contributed by atoms with Crippen LogP contribution in [0.5, 0.6) is 0 Å². The van der Waals surface area contributed by atoms with Gasteiger partial charge in [0.1, 0.15) is 5.82 Å². The van der Waals surface area contributed by atoms with Gasteiger partial charge in [0, 0.05) is 6.42 Å². The Kier molecular flexibility index (Phi) is 1.76.